The Morgan fingerprint density at radius 2 is 1.92 bits per heavy atom. The summed E-state index contributed by atoms with van der Waals surface area (Å²) in [4.78, 5) is 26.9. The van der Waals surface area contributed by atoms with Crippen LogP contribution in [-0.4, -0.2) is 51.6 Å². The molecule has 1 spiro atoms. The van der Waals surface area contributed by atoms with Crippen LogP contribution in [0.5, 0.6) is 0 Å². The van der Waals surface area contributed by atoms with E-state index in [1.165, 1.54) is 11.6 Å². The number of rotatable bonds is 5. The highest BCUT2D eigenvalue weighted by molar-refractivity contribution is 5.96. The fraction of sp³-hybridized carbons (Fsp3) is 0.414. The molecule has 3 unspecified atom stereocenters. The Morgan fingerprint density at radius 1 is 1.11 bits per heavy atom. The molecule has 2 aliphatic carbocycles. The zero-order chi connectivity index (χ0) is 24.4. The highest BCUT2D eigenvalue weighted by Crippen LogP contribution is 2.58. The zero-order valence-electron chi connectivity index (χ0n) is 20.1. The number of aromatic nitrogens is 2. The topological polar surface area (TPSA) is 69.6 Å². The molecule has 2 saturated carbocycles. The van der Waals surface area contributed by atoms with Gasteiger partial charge in [0.2, 0.25) is 5.95 Å². The maximum atomic E-state index is 14.2. The summed E-state index contributed by atoms with van der Waals surface area (Å²) in [6, 6.07) is 13.1. The molecule has 3 atom stereocenters. The van der Waals surface area contributed by atoms with Gasteiger partial charge in [-0.05, 0) is 67.7 Å². The molecule has 1 N–H and O–H groups in total. The van der Waals surface area contributed by atoms with Crippen molar-refractivity contribution >= 4 is 17.5 Å². The van der Waals surface area contributed by atoms with E-state index in [9.17, 15) is 14.3 Å². The third-order valence-electron chi connectivity index (χ3n) is 8.93. The monoisotopic (exact) mass is 484 g/mol. The van der Waals surface area contributed by atoms with Crippen molar-refractivity contribution in [2.24, 2.45) is 11.8 Å². The lowest BCUT2D eigenvalue weighted by Gasteiger charge is -2.31. The van der Waals surface area contributed by atoms with Gasteiger partial charge in [0, 0.05) is 65.9 Å². The van der Waals surface area contributed by atoms with E-state index in [1.54, 1.807) is 30.6 Å². The van der Waals surface area contributed by atoms with Gasteiger partial charge in [-0.1, -0.05) is 24.3 Å². The van der Waals surface area contributed by atoms with Gasteiger partial charge in [0.1, 0.15) is 5.82 Å². The number of anilines is 2. The van der Waals surface area contributed by atoms with Crippen molar-refractivity contribution in [3.8, 4) is 11.1 Å². The molecule has 1 aromatic heterocycles. The van der Waals surface area contributed by atoms with Crippen molar-refractivity contribution in [3.63, 3.8) is 0 Å². The van der Waals surface area contributed by atoms with Crippen LogP contribution in [0.2, 0.25) is 0 Å². The van der Waals surface area contributed by atoms with Gasteiger partial charge in [0.15, 0.2) is 0 Å². The molecule has 184 valence electrons. The highest BCUT2D eigenvalue weighted by atomic mass is 19.1. The zero-order valence-corrected chi connectivity index (χ0v) is 20.1. The first-order chi connectivity index (χ1) is 17.6. The molecule has 1 saturated heterocycles. The standard InChI is InChI=1S/C29H29FN4O2/c30-25-4-2-1-3-23(25)21-14-31-28(32-15-21)34-17-29(8-9-29)24-6-5-19(13-26(24)34)27(36)33-16-20-12-22(33)11-18(20)7-10-35/h1-6,13-15,18,20,22,35H,7-12,16-17H2. The summed E-state index contributed by atoms with van der Waals surface area (Å²) in [5, 5.41) is 9.34. The molecule has 0 radical (unpaired) electrons. The van der Waals surface area contributed by atoms with Crippen LogP contribution in [0.1, 0.15) is 48.0 Å². The van der Waals surface area contributed by atoms with Gasteiger partial charge in [0.05, 0.1) is 0 Å². The second-order valence-corrected chi connectivity index (χ2v) is 11.0. The Hall–Kier alpha value is -3.32. The van der Waals surface area contributed by atoms with E-state index in [0.717, 1.165) is 50.9 Å². The number of hydrogen-bond donors (Lipinski definition) is 1. The Kier molecular flexibility index (Phi) is 4.93. The Morgan fingerprint density at radius 3 is 2.61 bits per heavy atom. The van der Waals surface area contributed by atoms with Crippen molar-refractivity contribution in [2.45, 2.75) is 43.6 Å². The van der Waals surface area contributed by atoms with Crippen LogP contribution in [0.15, 0.2) is 54.9 Å². The molecule has 2 bridgehead atoms. The van der Waals surface area contributed by atoms with Gasteiger partial charge in [-0.25, -0.2) is 14.4 Å². The van der Waals surface area contributed by atoms with Gasteiger partial charge in [-0.2, -0.15) is 0 Å². The smallest absolute Gasteiger partial charge is 0.254 e. The summed E-state index contributed by atoms with van der Waals surface area (Å²) in [6.07, 6.45) is 8.50. The fourth-order valence-corrected chi connectivity index (χ4v) is 6.86. The number of piperidine rings is 1. The molecular formula is C29H29FN4O2. The Balaban J connectivity index is 1.17. The number of halogens is 1. The van der Waals surface area contributed by atoms with E-state index < -0.39 is 0 Å². The van der Waals surface area contributed by atoms with E-state index in [1.807, 2.05) is 17.0 Å². The van der Waals surface area contributed by atoms with Gasteiger partial charge >= 0.3 is 0 Å². The second-order valence-electron chi connectivity index (χ2n) is 11.0. The first kappa shape index (κ1) is 21.9. The Bertz CT molecular complexity index is 1340. The number of benzene rings is 2. The highest BCUT2D eigenvalue weighted by Gasteiger charge is 2.53. The third-order valence-corrected chi connectivity index (χ3v) is 8.93. The lowest BCUT2D eigenvalue weighted by atomic mass is 9.91. The average molecular weight is 485 g/mol. The summed E-state index contributed by atoms with van der Waals surface area (Å²) >= 11 is 0. The van der Waals surface area contributed by atoms with Crippen LogP contribution >= 0.6 is 0 Å². The van der Waals surface area contributed by atoms with E-state index in [4.69, 9.17) is 0 Å². The van der Waals surface area contributed by atoms with E-state index >= 15 is 0 Å². The van der Waals surface area contributed by atoms with Crippen LogP contribution < -0.4 is 4.90 Å². The Labute approximate surface area is 209 Å². The molecule has 36 heavy (non-hydrogen) atoms. The van der Waals surface area contributed by atoms with Crippen molar-refractivity contribution in [1.29, 1.82) is 0 Å². The van der Waals surface area contributed by atoms with Crippen molar-refractivity contribution in [2.75, 3.05) is 24.6 Å². The molecule has 3 heterocycles. The predicted octanol–water partition coefficient (Wildman–Crippen LogP) is 4.70. The molecule has 4 aliphatic rings. The third kappa shape index (κ3) is 3.36. The van der Waals surface area contributed by atoms with E-state index in [0.29, 0.717) is 34.5 Å². The number of aliphatic hydroxyl groups is 1. The first-order valence-corrected chi connectivity index (χ1v) is 13.0. The second kappa shape index (κ2) is 8.10. The lowest BCUT2D eigenvalue weighted by molar-refractivity contribution is 0.0659. The number of amides is 1. The van der Waals surface area contributed by atoms with Crippen LogP contribution in [0.25, 0.3) is 11.1 Å². The van der Waals surface area contributed by atoms with Gasteiger partial charge in [-0.3, -0.25) is 4.79 Å². The maximum absolute atomic E-state index is 14.2. The largest absolute Gasteiger partial charge is 0.396 e. The first-order valence-electron chi connectivity index (χ1n) is 13.0. The van der Waals surface area contributed by atoms with E-state index in [2.05, 4.69) is 20.9 Å². The minimum Gasteiger partial charge on any atom is -0.396 e. The number of fused-ring (bicyclic) bond motifs is 4. The predicted molar refractivity (Wildman–Crippen MR) is 135 cm³/mol. The number of carbonyl (C=O) groups excluding carboxylic acids is 1. The molecule has 2 aromatic carbocycles. The van der Waals surface area contributed by atoms with Crippen LogP contribution in [0, 0.1) is 17.7 Å². The number of hydrogen-bond acceptors (Lipinski definition) is 5. The summed E-state index contributed by atoms with van der Waals surface area (Å²) in [5.41, 5.74) is 4.25. The lowest BCUT2D eigenvalue weighted by Crippen LogP contribution is -2.40. The van der Waals surface area contributed by atoms with Gasteiger partial charge in [0.25, 0.3) is 5.91 Å². The number of likely N-dealkylation sites (tertiary alicyclic amines) is 1. The minimum atomic E-state index is -0.293. The van der Waals surface area contributed by atoms with Crippen molar-refractivity contribution in [1.82, 2.24) is 14.9 Å². The molecule has 2 aliphatic heterocycles. The average Bonchev–Trinajstić information content (AvgIpc) is 3.24. The normalized spacial score (nSPS) is 25.0. The number of carbonyl (C=O) groups is 1. The molecule has 3 fully saturated rings. The summed E-state index contributed by atoms with van der Waals surface area (Å²) in [6.45, 7) is 1.82. The molecule has 1 amide bonds. The summed E-state index contributed by atoms with van der Waals surface area (Å²) in [7, 11) is 0. The minimum absolute atomic E-state index is 0.0975. The molecule has 7 rings (SSSR count). The molecule has 3 aromatic rings. The molecular weight excluding hydrogens is 455 g/mol. The van der Waals surface area contributed by atoms with Crippen LogP contribution in [0.3, 0.4) is 0 Å². The quantitative estimate of drug-likeness (QED) is 0.569. The number of aliphatic hydroxyl groups excluding tert-OH is 1. The van der Waals surface area contributed by atoms with Gasteiger partial charge < -0.3 is 14.9 Å². The molecule has 6 nitrogen and oxygen atoms in total. The van der Waals surface area contributed by atoms with Crippen LogP contribution in [-0.2, 0) is 5.41 Å². The fourth-order valence-electron chi connectivity index (χ4n) is 6.86. The maximum Gasteiger partial charge on any atom is 0.254 e. The summed E-state index contributed by atoms with van der Waals surface area (Å²) < 4.78 is 14.2. The molecule has 7 heteroatoms. The summed E-state index contributed by atoms with van der Waals surface area (Å²) in [5.74, 6) is 1.43. The van der Waals surface area contributed by atoms with Crippen molar-refractivity contribution < 1.29 is 14.3 Å². The SMILES string of the molecule is O=C(c1ccc2c(c1)N(c1ncc(-c3ccccc3F)cn1)CC21CC1)N1CC2CC1CC2CCO. The van der Waals surface area contributed by atoms with Crippen molar-refractivity contribution in [3.05, 3.63) is 71.8 Å². The number of nitrogens with zero attached hydrogens (tertiary/aromatic N) is 4. The van der Waals surface area contributed by atoms with Gasteiger partial charge in [-0.15, -0.1) is 0 Å². The van der Waals surface area contributed by atoms with E-state index in [-0.39, 0.29) is 29.8 Å². The van der Waals surface area contributed by atoms with Crippen LogP contribution in [0.4, 0.5) is 16.0 Å².